The summed E-state index contributed by atoms with van der Waals surface area (Å²) in [5.41, 5.74) is 11.6. The van der Waals surface area contributed by atoms with Crippen LogP contribution < -0.4 is 20.9 Å². The number of phosphoric acid groups is 2. The van der Waals surface area contributed by atoms with Gasteiger partial charge in [-0.3, -0.25) is 18.4 Å². The summed E-state index contributed by atoms with van der Waals surface area (Å²) in [6, 6.07) is 2.84. The zero-order chi connectivity index (χ0) is 34.4. The molecule has 1 amide bonds. The van der Waals surface area contributed by atoms with Crippen LogP contribution in [0.5, 0.6) is 0 Å². The van der Waals surface area contributed by atoms with Crippen LogP contribution >= 0.6 is 15.6 Å². The Bertz CT molecular complexity index is 1730. The molecule has 2 saturated heterocycles. The number of anilines is 2. The smallest absolute Gasteiger partial charge is 0.387 e. The number of hydrogen-bond donors (Lipinski definition) is 8. The highest BCUT2D eigenvalue weighted by Gasteiger charge is 2.50. The lowest BCUT2D eigenvalue weighted by molar-refractivity contribution is -0.765. The first kappa shape index (κ1) is 35.1. The molecular weight excluding hydrogens is 674 g/mol. The molecule has 0 aromatic carbocycles. The monoisotopic (exact) mass is 707 g/mol. The second-order valence-electron chi connectivity index (χ2n) is 10.7. The summed E-state index contributed by atoms with van der Waals surface area (Å²) in [7, 11) is -7.52. The predicted octanol–water partition coefficient (Wildman–Crippen LogP) is -2.95. The molecule has 10 N–H and O–H groups in total. The Morgan fingerprint density at radius 3 is 2.26 bits per heavy atom. The number of amides is 1. The molecule has 0 bridgehead atoms. The van der Waals surface area contributed by atoms with Crippen LogP contribution in [0.1, 0.15) is 22.8 Å². The van der Waals surface area contributed by atoms with E-state index in [1.165, 1.54) is 33.7 Å². The zero-order valence-electron chi connectivity index (χ0n) is 24.6. The first-order chi connectivity index (χ1) is 22.0. The number of aromatic nitrogens is 5. The van der Waals surface area contributed by atoms with E-state index in [1.807, 2.05) is 0 Å². The van der Waals surface area contributed by atoms with Crippen molar-refractivity contribution in [3.05, 3.63) is 36.4 Å². The van der Waals surface area contributed by atoms with Gasteiger partial charge in [0.2, 0.25) is 5.95 Å². The van der Waals surface area contributed by atoms with Crippen molar-refractivity contribution in [1.29, 1.82) is 0 Å². The maximum atomic E-state index is 12.6. The van der Waals surface area contributed by atoms with Gasteiger partial charge in [-0.1, -0.05) is 0 Å². The molecule has 3 aromatic rings. The summed E-state index contributed by atoms with van der Waals surface area (Å²) in [4.78, 5) is 45.6. The number of imidazole rings is 1. The van der Waals surface area contributed by atoms with Crippen LogP contribution in [0.15, 0.2) is 30.9 Å². The number of pyridine rings is 1. The van der Waals surface area contributed by atoms with Gasteiger partial charge >= 0.3 is 15.6 Å². The van der Waals surface area contributed by atoms with E-state index < -0.39 is 83.8 Å². The molecule has 0 radical (unpaired) electrons. The summed E-state index contributed by atoms with van der Waals surface area (Å²) >= 11 is 0. The third-order valence-electron chi connectivity index (χ3n) is 7.23. The van der Waals surface area contributed by atoms with Gasteiger partial charge in [-0.25, -0.2) is 24.1 Å². The Balaban J connectivity index is 1.19. The fourth-order valence-corrected chi connectivity index (χ4v) is 7.06. The van der Waals surface area contributed by atoms with Gasteiger partial charge in [0, 0.05) is 20.2 Å². The highest BCUT2D eigenvalue weighted by Crippen LogP contribution is 2.60. The number of primary amides is 1. The SMILES string of the molecule is CN(C)c1nc2c(N)ncnc2n1[C@@H]1O[C@H](COP(=O)(O)OP(=O)(O)OC[C@@H]2O[C@H]([n+]3cccc(C(N)=O)c3)C(O)[C@@H]2O)C(O)[C@@H]1O. The van der Waals surface area contributed by atoms with Crippen molar-refractivity contribution in [2.45, 2.75) is 49.1 Å². The van der Waals surface area contributed by atoms with Crippen molar-refractivity contribution in [3.8, 4) is 0 Å². The molecule has 2 aliphatic rings. The van der Waals surface area contributed by atoms with E-state index in [0.717, 1.165) is 6.33 Å². The van der Waals surface area contributed by atoms with E-state index in [1.54, 1.807) is 19.0 Å². The number of fused-ring (bicyclic) bond motifs is 1. The Labute approximate surface area is 264 Å². The van der Waals surface area contributed by atoms with Crippen molar-refractivity contribution >= 4 is 44.5 Å². The topological polar surface area (TPSA) is 322 Å². The van der Waals surface area contributed by atoms with Crippen molar-refractivity contribution in [2.75, 3.05) is 37.9 Å². The Hall–Kier alpha value is -3.21. The number of phosphoric ester groups is 2. The number of aliphatic hydroxyl groups excluding tert-OH is 4. The molecule has 5 rings (SSSR count). The minimum Gasteiger partial charge on any atom is -0.387 e. The van der Waals surface area contributed by atoms with E-state index in [2.05, 4.69) is 19.3 Å². The van der Waals surface area contributed by atoms with E-state index in [4.69, 9.17) is 30.0 Å². The van der Waals surface area contributed by atoms with Crippen molar-refractivity contribution in [1.82, 2.24) is 19.5 Å². The van der Waals surface area contributed by atoms with Gasteiger partial charge in [-0.05, 0) is 6.07 Å². The van der Waals surface area contributed by atoms with Gasteiger partial charge in [-0.15, -0.1) is 0 Å². The van der Waals surface area contributed by atoms with E-state index >= 15 is 0 Å². The molecule has 258 valence electrons. The van der Waals surface area contributed by atoms with Gasteiger partial charge in [0.05, 0.1) is 13.2 Å². The van der Waals surface area contributed by atoms with Crippen LogP contribution in [-0.2, 0) is 32.0 Å². The number of nitrogens with two attached hydrogens (primary N) is 2. The lowest BCUT2D eigenvalue weighted by Crippen LogP contribution is -2.46. The third kappa shape index (κ3) is 7.29. The van der Waals surface area contributed by atoms with Crippen LogP contribution in [0.25, 0.3) is 11.2 Å². The number of nitrogens with zero attached hydrogens (tertiary/aromatic N) is 6. The van der Waals surface area contributed by atoms with Crippen LogP contribution in [-0.4, -0.2) is 120 Å². The fraction of sp³-hybridized carbons (Fsp3) is 0.522. The quantitative estimate of drug-likeness (QED) is 0.0689. The molecule has 0 saturated carbocycles. The van der Waals surface area contributed by atoms with Crippen LogP contribution in [0.2, 0.25) is 0 Å². The van der Waals surface area contributed by atoms with Gasteiger partial charge in [0.1, 0.15) is 42.4 Å². The van der Waals surface area contributed by atoms with Crippen molar-refractivity contribution in [3.63, 3.8) is 0 Å². The fourth-order valence-electron chi connectivity index (χ4n) is 4.97. The molecule has 0 spiro atoms. The molecule has 22 nitrogen and oxygen atoms in total. The molecule has 0 aliphatic carbocycles. The van der Waals surface area contributed by atoms with Crippen molar-refractivity contribution < 1.29 is 71.5 Å². The number of rotatable bonds is 12. The van der Waals surface area contributed by atoms with E-state index in [0.29, 0.717) is 0 Å². The van der Waals surface area contributed by atoms with Crippen molar-refractivity contribution in [2.24, 2.45) is 5.73 Å². The predicted molar refractivity (Wildman–Crippen MR) is 154 cm³/mol. The number of hydrogen-bond acceptors (Lipinski definition) is 17. The summed E-state index contributed by atoms with van der Waals surface area (Å²) in [6.07, 6.45) is -8.25. The average molecular weight is 708 g/mol. The summed E-state index contributed by atoms with van der Waals surface area (Å²) in [6.45, 7) is -1.82. The lowest BCUT2D eigenvalue weighted by atomic mass is 10.1. The maximum Gasteiger partial charge on any atom is 0.481 e. The van der Waals surface area contributed by atoms with Gasteiger partial charge < -0.3 is 56.1 Å². The minimum absolute atomic E-state index is 0.0395. The number of nitrogen functional groups attached to an aromatic ring is 1. The van der Waals surface area contributed by atoms with Gasteiger partial charge in [-0.2, -0.15) is 8.88 Å². The lowest BCUT2D eigenvalue weighted by Gasteiger charge is -2.22. The number of aliphatic hydroxyl groups is 4. The Kier molecular flexibility index (Phi) is 9.98. The Morgan fingerprint density at radius 2 is 1.64 bits per heavy atom. The number of ether oxygens (including phenoxy) is 2. The highest BCUT2D eigenvalue weighted by molar-refractivity contribution is 7.61. The number of carbonyl (C=O) groups excluding carboxylic acids is 1. The molecule has 2 fully saturated rings. The van der Waals surface area contributed by atoms with Gasteiger partial charge in [0.25, 0.3) is 12.1 Å². The van der Waals surface area contributed by atoms with E-state index in [9.17, 15) is 44.1 Å². The van der Waals surface area contributed by atoms with Gasteiger partial charge in [0.15, 0.2) is 41.7 Å². The first-order valence-corrected chi connectivity index (χ1v) is 16.6. The summed E-state index contributed by atoms with van der Waals surface area (Å²) in [5.74, 6) is -0.512. The molecule has 2 aliphatic heterocycles. The van der Waals surface area contributed by atoms with Crippen LogP contribution in [0.3, 0.4) is 0 Å². The standard InChI is InChI=1S/C23H32N8O14P2/c1-29(2)23-28-13-18(24)26-9-27-20(13)31(23)22-17(35)15(33)12(44-22)8-42-47(39,40)45-46(37,38)41-7-11-14(32)16(34)21(43-11)30-5-3-4-10(6-30)19(25)36/h3-6,9,11-12,14-17,21-22,32-35H,7-8H2,1-2H3,(H5-,24,25,26,27,36,37,38,39,40)/p+1/t11-,12+,14+,15?,16?,17-,21-,22+/m0/s1. The zero-order valence-corrected chi connectivity index (χ0v) is 26.4. The highest BCUT2D eigenvalue weighted by atomic mass is 31.3. The first-order valence-electron chi connectivity index (χ1n) is 13.6. The molecule has 4 unspecified atom stereocenters. The average Bonchev–Trinajstić information content (AvgIpc) is 3.62. The molecule has 10 atom stereocenters. The molecule has 3 aromatic heterocycles. The summed E-state index contributed by atoms with van der Waals surface area (Å²) < 4.78 is 52.7. The maximum absolute atomic E-state index is 12.6. The minimum atomic E-state index is -5.40. The molecule has 47 heavy (non-hydrogen) atoms. The molecule has 5 heterocycles. The van der Waals surface area contributed by atoms with Crippen LogP contribution in [0.4, 0.5) is 11.8 Å². The van der Waals surface area contributed by atoms with Crippen LogP contribution in [0, 0.1) is 0 Å². The molecule has 24 heteroatoms. The molecular formula is C23H33N8O14P2+. The third-order valence-corrected chi connectivity index (χ3v) is 9.83. The second-order valence-corrected chi connectivity index (χ2v) is 13.8. The van der Waals surface area contributed by atoms with E-state index in [-0.39, 0.29) is 28.5 Å². The normalized spacial score (nSPS) is 30.3. The Morgan fingerprint density at radius 1 is 1.02 bits per heavy atom. The summed E-state index contributed by atoms with van der Waals surface area (Å²) in [5, 5.41) is 42.2. The largest absolute Gasteiger partial charge is 0.481 e. The second kappa shape index (κ2) is 13.4. The number of carbonyl (C=O) groups is 1.